The second-order valence-corrected chi connectivity index (χ2v) is 7.25. The highest BCUT2D eigenvalue weighted by molar-refractivity contribution is 7.16. The minimum atomic E-state index is -0.0181. The molecule has 1 atom stereocenters. The van der Waals surface area contributed by atoms with Gasteiger partial charge in [-0.25, -0.2) is 4.79 Å². The minimum Gasteiger partial charge on any atom is -0.333 e. The van der Waals surface area contributed by atoms with Gasteiger partial charge in [0.1, 0.15) is 0 Å². The van der Waals surface area contributed by atoms with Crippen molar-refractivity contribution in [1.29, 1.82) is 0 Å². The first-order valence-electron chi connectivity index (χ1n) is 7.42. The Kier molecular flexibility index (Phi) is 4.69. The van der Waals surface area contributed by atoms with Crippen molar-refractivity contribution in [2.45, 2.75) is 31.8 Å². The van der Waals surface area contributed by atoms with Crippen molar-refractivity contribution in [3.8, 4) is 0 Å². The fourth-order valence-corrected chi connectivity index (χ4v) is 3.93. The molecule has 0 aliphatic carbocycles. The summed E-state index contributed by atoms with van der Waals surface area (Å²) in [6.07, 6.45) is 4.96. The van der Waals surface area contributed by atoms with E-state index in [4.69, 9.17) is 11.6 Å². The number of nitrogens with one attached hydrogen (secondary N) is 1. The number of aromatic nitrogens is 2. The average Bonchev–Trinajstić information content (AvgIpc) is 3.13. The van der Waals surface area contributed by atoms with Gasteiger partial charge in [0, 0.05) is 24.7 Å². The molecule has 3 rings (SSSR count). The Morgan fingerprint density at radius 1 is 1.45 bits per heavy atom. The highest BCUT2D eigenvalue weighted by atomic mass is 35.5. The lowest BCUT2D eigenvalue weighted by Crippen LogP contribution is -2.44. The second kappa shape index (κ2) is 6.71. The Bertz CT molecular complexity index is 654. The van der Waals surface area contributed by atoms with Gasteiger partial charge >= 0.3 is 6.03 Å². The standard InChI is InChI=1S/C15H19ClN4OS/c1-19-12(7-8-18-19)13-4-2-3-9-20(13)15(21)17-10-11-5-6-14(16)22-11/h5-8,13H,2-4,9-10H2,1H3,(H,17,21). The summed E-state index contributed by atoms with van der Waals surface area (Å²) in [6, 6.07) is 5.88. The van der Waals surface area contributed by atoms with Crippen LogP contribution in [0.2, 0.25) is 4.34 Å². The summed E-state index contributed by atoms with van der Waals surface area (Å²) in [6.45, 7) is 1.30. The van der Waals surface area contributed by atoms with Crippen LogP contribution in [-0.4, -0.2) is 27.3 Å². The molecule has 0 radical (unpaired) electrons. The van der Waals surface area contributed by atoms with Gasteiger partial charge in [0.25, 0.3) is 0 Å². The molecule has 0 aromatic carbocycles. The van der Waals surface area contributed by atoms with Crippen molar-refractivity contribution >= 4 is 29.0 Å². The molecule has 0 saturated carbocycles. The molecule has 1 fully saturated rings. The molecule has 3 heterocycles. The summed E-state index contributed by atoms with van der Waals surface area (Å²) in [5.41, 5.74) is 1.09. The van der Waals surface area contributed by atoms with Gasteiger partial charge < -0.3 is 10.2 Å². The molecule has 2 aromatic heterocycles. The van der Waals surface area contributed by atoms with Gasteiger partial charge in [0.05, 0.1) is 22.6 Å². The van der Waals surface area contributed by atoms with Crippen LogP contribution >= 0.6 is 22.9 Å². The predicted octanol–water partition coefficient (Wildman–Crippen LogP) is 3.57. The molecule has 2 aromatic rings. The number of aryl methyl sites for hydroxylation is 1. The van der Waals surface area contributed by atoms with Crippen LogP contribution in [0.1, 0.15) is 35.9 Å². The smallest absolute Gasteiger partial charge is 0.318 e. The number of amides is 2. The maximum atomic E-state index is 12.6. The number of likely N-dealkylation sites (tertiary alicyclic amines) is 1. The van der Waals surface area contributed by atoms with E-state index in [-0.39, 0.29) is 12.1 Å². The van der Waals surface area contributed by atoms with Crippen LogP contribution in [0.25, 0.3) is 0 Å². The Morgan fingerprint density at radius 3 is 3.00 bits per heavy atom. The summed E-state index contributed by atoms with van der Waals surface area (Å²) in [5, 5.41) is 7.23. The summed E-state index contributed by atoms with van der Waals surface area (Å²) in [4.78, 5) is 15.5. The van der Waals surface area contributed by atoms with Crippen LogP contribution in [0.5, 0.6) is 0 Å². The normalized spacial score (nSPS) is 18.5. The largest absolute Gasteiger partial charge is 0.333 e. The summed E-state index contributed by atoms with van der Waals surface area (Å²) < 4.78 is 2.60. The molecule has 22 heavy (non-hydrogen) atoms. The van der Waals surface area contributed by atoms with Crippen molar-refractivity contribution in [3.63, 3.8) is 0 Å². The zero-order valence-corrected chi connectivity index (χ0v) is 14.0. The highest BCUT2D eigenvalue weighted by Crippen LogP contribution is 2.30. The summed E-state index contributed by atoms with van der Waals surface area (Å²) >= 11 is 7.41. The molecule has 1 aliphatic heterocycles. The van der Waals surface area contributed by atoms with E-state index < -0.39 is 0 Å². The van der Waals surface area contributed by atoms with Crippen molar-refractivity contribution in [1.82, 2.24) is 20.0 Å². The van der Waals surface area contributed by atoms with Gasteiger partial charge in [-0.1, -0.05) is 11.6 Å². The molecular weight excluding hydrogens is 320 g/mol. The van der Waals surface area contributed by atoms with E-state index in [1.54, 1.807) is 6.20 Å². The van der Waals surface area contributed by atoms with Crippen LogP contribution in [-0.2, 0) is 13.6 Å². The number of halogens is 1. The molecule has 1 unspecified atom stereocenters. The summed E-state index contributed by atoms with van der Waals surface area (Å²) in [7, 11) is 1.92. The first kappa shape index (κ1) is 15.4. The third kappa shape index (κ3) is 3.28. The number of nitrogens with zero attached hydrogens (tertiary/aromatic N) is 3. The van der Waals surface area contributed by atoms with Crippen LogP contribution in [0, 0.1) is 0 Å². The molecule has 0 bridgehead atoms. The van der Waals surface area contributed by atoms with Crippen LogP contribution < -0.4 is 5.32 Å². The molecule has 2 amide bonds. The van der Waals surface area contributed by atoms with Crippen LogP contribution in [0.15, 0.2) is 24.4 Å². The maximum absolute atomic E-state index is 12.6. The molecule has 118 valence electrons. The minimum absolute atomic E-state index is 0.0181. The monoisotopic (exact) mass is 338 g/mol. The fraction of sp³-hybridized carbons (Fsp3) is 0.467. The summed E-state index contributed by atoms with van der Waals surface area (Å²) in [5.74, 6) is 0. The van der Waals surface area contributed by atoms with E-state index in [1.165, 1.54) is 11.3 Å². The van der Waals surface area contributed by atoms with Crippen LogP contribution in [0.4, 0.5) is 4.79 Å². The molecule has 1 N–H and O–H groups in total. The van der Waals surface area contributed by atoms with Crippen molar-refractivity contribution in [2.24, 2.45) is 7.05 Å². The average molecular weight is 339 g/mol. The number of hydrogen-bond acceptors (Lipinski definition) is 3. The Morgan fingerprint density at radius 2 is 2.32 bits per heavy atom. The van der Waals surface area contributed by atoms with Crippen LogP contribution in [0.3, 0.4) is 0 Å². The lowest BCUT2D eigenvalue weighted by atomic mass is 10.00. The van der Waals surface area contributed by atoms with Crippen molar-refractivity contribution in [2.75, 3.05) is 6.54 Å². The number of urea groups is 1. The van der Waals surface area contributed by atoms with Crippen molar-refractivity contribution < 1.29 is 4.79 Å². The fourth-order valence-electron chi connectivity index (χ4n) is 2.90. The van der Waals surface area contributed by atoms with Gasteiger partial charge in [-0.2, -0.15) is 5.10 Å². The van der Waals surface area contributed by atoms with E-state index in [2.05, 4.69) is 10.4 Å². The van der Waals surface area contributed by atoms with Gasteiger partial charge in [0.2, 0.25) is 0 Å². The number of hydrogen-bond donors (Lipinski definition) is 1. The SMILES string of the molecule is Cn1nccc1C1CCCCN1C(=O)NCc1ccc(Cl)s1. The zero-order chi connectivity index (χ0) is 15.5. The highest BCUT2D eigenvalue weighted by Gasteiger charge is 2.29. The number of carbonyl (C=O) groups is 1. The van der Waals surface area contributed by atoms with E-state index in [9.17, 15) is 4.79 Å². The lowest BCUT2D eigenvalue weighted by Gasteiger charge is -2.35. The Balaban J connectivity index is 1.67. The molecular formula is C15H19ClN4OS. The lowest BCUT2D eigenvalue weighted by molar-refractivity contribution is 0.147. The molecule has 1 aliphatic rings. The molecule has 5 nitrogen and oxygen atoms in total. The second-order valence-electron chi connectivity index (χ2n) is 5.45. The van der Waals surface area contributed by atoms with Gasteiger partial charge in [-0.15, -0.1) is 11.3 Å². The molecule has 7 heteroatoms. The van der Waals surface area contributed by atoms with E-state index >= 15 is 0 Å². The third-order valence-electron chi connectivity index (χ3n) is 4.01. The number of thiophene rings is 1. The third-order valence-corrected chi connectivity index (χ3v) is 5.24. The first-order chi connectivity index (χ1) is 10.6. The van der Waals surface area contributed by atoms with Gasteiger partial charge in [-0.05, 0) is 37.5 Å². The zero-order valence-electron chi connectivity index (χ0n) is 12.5. The molecule has 1 saturated heterocycles. The number of rotatable bonds is 3. The number of piperidine rings is 1. The topological polar surface area (TPSA) is 50.2 Å². The Labute approximate surface area is 138 Å². The van der Waals surface area contributed by atoms with E-state index in [1.807, 2.05) is 34.8 Å². The van der Waals surface area contributed by atoms with E-state index in [0.717, 1.165) is 40.7 Å². The quantitative estimate of drug-likeness (QED) is 0.930. The predicted molar refractivity (Wildman–Crippen MR) is 88.1 cm³/mol. The van der Waals surface area contributed by atoms with Gasteiger partial charge in [0.15, 0.2) is 0 Å². The van der Waals surface area contributed by atoms with Gasteiger partial charge in [-0.3, -0.25) is 4.68 Å². The Hall–Kier alpha value is -1.53. The number of carbonyl (C=O) groups excluding carboxylic acids is 1. The van der Waals surface area contributed by atoms with E-state index in [0.29, 0.717) is 6.54 Å². The maximum Gasteiger partial charge on any atom is 0.318 e. The van der Waals surface area contributed by atoms with Crippen molar-refractivity contribution in [3.05, 3.63) is 39.3 Å². The molecule has 0 spiro atoms. The first-order valence-corrected chi connectivity index (χ1v) is 8.61.